The third-order valence-electron chi connectivity index (χ3n) is 3.56. The molecule has 1 aromatic carbocycles. The van der Waals surface area contributed by atoms with Crippen molar-refractivity contribution < 1.29 is 17.9 Å². The average molecular weight is 292 g/mol. The second-order valence-electron chi connectivity index (χ2n) is 4.65. The largest absolute Gasteiger partial charge is 0.492 e. The fourth-order valence-electron chi connectivity index (χ4n) is 1.78. The first kappa shape index (κ1) is 16.2. The molecule has 0 aromatic heterocycles. The maximum absolute atomic E-state index is 12.8. The highest BCUT2D eigenvalue weighted by atomic mass is 32.1. The summed E-state index contributed by atoms with van der Waals surface area (Å²) in [4.78, 5) is 0. The maximum atomic E-state index is 12.8. The Morgan fingerprint density at radius 2 is 1.68 bits per heavy atom. The van der Waals surface area contributed by atoms with Crippen LogP contribution in [-0.4, -0.2) is 12.4 Å². The van der Waals surface area contributed by atoms with Crippen molar-refractivity contribution >= 4 is 12.6 Å². The standard InChI is InChI=1S/C14H19F3OS/c1-3-13(4-2,10-19)9-18-12-8-6-5-7-11(12)14(15,16)17/h5-8,19H,3-4,9-10H2,1-2H3. The summed E-state index contributed by atoms with van der Waals surface area (Å²) in [6.07, 6.45) is -2.75. The van der Waals surface area contributed by atoms with E-state index >= 15 is 0 Å². The predicted molar refractivity (Wildman–Crippen MR) is 73.8 cm³/mol. The molecule has 0 atom stereocenters. The molecule has 0 spiro atoms. The van der Waals surface area contributed by atoms with Crippen LogP contribution in [0.1, 0.15) is 32.3 Å². The first-order chi connectivity index (χ1) is 8.88. The fourth-order valence-corrected chi connectivity index (χ4v) is 2.32. The van der Waals surface area contributed by atoms with Crippen molar-refractivity contribution in [3.8, 4) is 5.75 Å². The normalized spacial score (nSPS) is 12.5. The summed E-state index contributed by atoms with van der Waals surface area (Å²) in [7, 11) is 0. The van der Waals surface area contributed by atoms with Gasteiger partial charge in [-0.2, -0.15) is 25.8 Å². The van der Waals surface area contributed by atoms with Crippen LogP contribution in [0.15, 0.2) is 24.3 Å². The van der Waals surface area contributed by atoms with Gasteiger partial charge in [0.1, 0.15) is 5.75 Å². The van der Waals surface area contributed by atoms with E-state index in [4.69, 9.17) is 4.74 Å². The lowest BCUT2D eigenvalue weighted by atomic mass is 9.85. The summed E-state index contributed by atoms with van der Waals surface area (Å²) < 4.78 is 43.9. The Kier molecular flexibility index (Phi) is 5.59. The minimum Gasteiger partial charge on any atom is -0.492 e. The Morgan fingerprint density at radius 1 is 1.11 bits per heavy atom. The van der Waals surface area contributed by atoms with Crippen LogP contribution >= 0.6 is 12.6 Å². The van der Waals surface area contributed by atoms with E-state index < -0.39 is 11.7 Å². The van der Waals surface area contributed by atoms with Gasteiger partial charge in [-0.1, -0.05) is 26.0 Å². The van der Waals surface area contributed by atoms with E-state index in [0.717, 1.165) is 18.9 Å². The first-order valence-corrected chi connectivity index (χ1v) is 6.91. The molecule has 0 bridgehead atoms. The van der Waals surface area contributed by atoms with Crippen molar-refractivity contribution in [1.29, 1.82) is 0 Å². The molecule has 19 heavy (non-hydrogen) atoms. The summed E-state index contributed by atoms with van der Waals surface area (Å²) in [5.41, 5.74) is -0.905. The SMILES string of the molecule is CCC(CC)(CS)COc1ccccc1C(F)(F)F. The summed E-state index contributed by atoms with van der Waals surface area (Å²) in [6.45, 7) is 4.24. The minimum absolute atomic E-state index is 0.108. The highest BCUT2D eigenvalue weighted by Gasteiger charge is 2.35. The van der Waals surface area contributed by atoms with Crippen LogP contribution in [0.2, 0.25) is 0 Å². The Hall–Kier alpha value is -0.840. The molecule has 0 saturated heterocycles. The lowest BCUT2D eigenvalue weighted by molar-refractivity contribution is -0.139. The molecule has 0 radical (unpaired) electrons. The summed E-state index contributed by atoms with van der Waals surface area (Å²) in [5.74, 6) is 0.483. The van der Waals surface area contributed by atoms with Gasteiger partial charge in [-0.3, -0.25) is 0 Å². The van der Waals surface area contributed by atoms with Crippen LogP contribution in [0, 0.1) is 5.41 Å². The van der Waals surface area contributed by atoms with Gasteiger partial charge in [-0.15, -0.1) is 0 Å². The molecule has 0 amide bonds. The molecule has 0 heterocycles. The topological polar surface area (TPSA) is 9.23 Å². The number of alkyl halides is 3. The number of hydrogen-bond acceptors (Lipinski definition) is 2. The monoisotopic (exact) mass is 292 g/mol. The zero-order chi connectivity index (χ0) is 14.5. The van der Waals surface area contributed by atoms with Gasteiger partial charge in [0.2, 0.25) is 0 Å². The van der Waals surface area contributed by atoms with E-state index in [-0.39, 0.29) is 17.8 Å². The van der Waals surface area contributed by atoms with Crippen LogP contribution in [0.5, 0.6) is 5.75 Å². The smallest absolute Gasteiger partial charge is 0.419 e. The predicted octanol–water partition coefficient (Wildman–Crippen LogP) is 4.82. The van der Waals surface area contributed by atoms with Gasteiger partial charge in [-0.05, 0) is 30.7 Å². The van der Waals surface area contributed by atoms with E-state index in [1.807, 2.05) is 13.8 Å². The van der Waals surface area contributed by atoms with E-state index in [1.165, 1.54) is 12.1 Å². The molecular formula is C14H19F3OS. The van der Waals surface area contributed by atoms with Crippen LogP contribution in [0.25, 0.3) is 0 Å². The third-order valence-corrected chi connectivity index (χ3v) is 4.23. The Morgan fingerprint density at radius 3 is 2.16 bits per heavy atom. The average Bonchev–Trinajstić information content (AvgIpc) is 2.40. The molecule has 0 aliphatic heterocycles. The number of rotatable bonds is 6. The van der Waals surface area contributed by atoms with Crippen LogP contribution in [0.3, 0.4) is 0 Å². The van der Waals surface area contributed by atoms with E-state index in [9.17, 15) is 13.2 Å². The second kappa shape index (κ2) is 6.55. The zero-order valence-corrected chi connectivity index (χ0v) is 12.0. The van der Waals surface area contributed by atoms with E-state index in [2.05, 4.69) is 12.6 Å². The number of ether oxygens (including phenoxy) is 1. The van der Waals surface area contributed by atoms with Crippen molar-refractivity contribution in [3.05, 3.63) is 29.8 Å². The van der Waals surface area contributed by atoms with Gasteiger partial charge in [0, 0.05) is 5.41 Å². The molecule has 0 N–H and O–H groups in total. The number of para-hydroxylation sites is 1. The molecule has 0 fully saturated rings. The third kappa shape index (κ3) is 4.06. The molecule has 1 rings (SSSR count). The fraction of sp³-hybridized carbons (Fsp3) is 0.571. The highest BCUT2D eigenvalue weighted by molar-refractivity contribution is 7.80. The van der Waals surface area contributed by atoms with Crippen LogP contribution in [-0.2, 0) is 6.18 Å². The quantitative estimate of drug-likeness (QED) is 0.740. The van der Waals surface area contributed by atoms with Crippen molar-refractivity contribution in [2.24, 2.45) is 5.41 Å². The van der Waals surface area contributed by atoms with Gasteiger partial charge in [0.05, 0.1) is 12.2 Å². The Labute approximate surface area is 117 Å². The molecule has 1 nitrogen and oxygen atoms in total. The molecule has 5 heteroatoms. The molecule has 0 aliphatic carbocycles. The van der Waals surface area contributed by atoms with Crippen molar-refractivity contribution in [2.75, 3.05) is 12.4 Å². The number of hydrogen-bond donors (Lipinski definition) is 1. The Balaban J connectivity index is 2.89. The number of halogens is 3. The van der Waals surface area contributed by atoms with Crippen molar-refractivity contribution in [2.45, 2.75) is 32.9 Å². The van der Waals surface area contributed by atoms with E-state index in [0.29, 0.717) is 5.75 Å². The van der Waals surface area contributed by atoms with Gasteiger partial charge in [0.15, 0.2) is 0 Å². The summed E-state index contributed by atoms with van der Waals surface area (Å²) in [5, 5.41) is 0. The molecule has 0 aliphatic rings. The van der Waals surface area contributed by atoms with Crippen LogP contribution in [0.4, 0.5) is 13.2 Å². The van der Waals surface area contributed by atoms with Gasteiger partial charge in [-0.25, -0.2) is 0 Å². The molecule has 0 unspecified atom stereocenters. The highest BCUT2D eigenvalue weighted by Crippen LogP contribution is 2.37. The summed E-state index contributed by atoms with van der Waals surface area (Å²) >= 11 is 4.29. The lowest BCUT2D eigenvalue weighted by Crippen LogP contribution is -2.29. The van der Waals surface area contributed by atoms with E-state index in [1.54, 1.807) is 6.07 Å². The molecule has 1 aromatic rings. The maximum Gasteiger partial charge on any atom is 0.419 e. The second-order valence-corrected chi connectivity index (χ2v) is 4.96. The molecule has 0 saturated carbocycles. The minimum atomic E-state index is -4.39. The zero-order valence-electron chi connectivity index (χ0n) is 11.1. The number of thiol groups is 1. The van der Waals surface area contributed by atoms with Crippen molar-refractivity contribution in [3.63, 3.8) is 0 Å². The van der Waals surface area contributed by atoms with Gasteiger partial charge < -0.3 is 4.74 Å². The molecular weight excluding hydrogens is 273 g/mol. The summed E-state index contributed by atoms with van der Waals surface area (Å²) in [6, 6.07) is 5.30. The van der Waals surface area contributed by atoms with Gasteiger partial charge in [0.25, 0.3) is 0 Å². The lowest BCUT2D eigenvalue weighted by Gasteiger charge is -2.30. The molecule has 108 valence electrons. The Bertz CT molecular complexity index is 392. The van der Waals surface area contributed by atoms with Gasteiger partial charge >= 0.3 is 6.18 Å². The van der Waals surface area contributed by atoms with Crippen molar-refractivity contribution in [1.82, 2.24) is 0 Å². The van der Waals surface area contributed by atoms with Crippen LogP contribution < -0.4 is 4.74 Å². The first-order valence-electron chi connectivity index (χ1n) is 6.28. The number of benzene rings is 1.